The molecule has 31 heavy (non-hydrogen) atoms. The topological polar surface area (TPSA) is 34.9 Å². The maximum atomic E-state index is 13.5. The highest BCUT2D eigenvalue weighted by molar-refractivity contribution is 6.34. The first-order valence-corrected chi connectivity index (χ1v) is 9.33. The van der Waals surface area contributed by atoms with Crippen molar-refractivity contribution in [3.05, 3.63) is 88.4 Å². The Morgan fingerprint density at radius 3 is 2.39 bits per heavy atom. The van der Waals surface area contributed by atoms with E-state index in [0.29, 0.717) is 10.9 Å². The molecule has 0 radical (unpaired) electrons. The first-order chi connectivity index (χ1) is 14.7. The number of hydrogen-bond donors (Lipinski definition) is 0. The van der Waals surface area contributed by atoms with Crippen molar-refractivity contribution >= 4 is 28.4 Å². The number of rotatable bonds is 3. The number of carbonyl (C=O) groups excluding carboxylic acids is 1. The van der Waals surface area contributed by atoms with Crippen LogP contribution in [0.5, 0.6) is 0 Å². The van der Waals surface area contributed by atoms with Crippen molar-refractivity contribution in [3.8, 4) is 11.3 Å². The van der Waals surface area contributed by atoms with Crippen LogP contribution in [0, 0.1) is 0 Å². The van der Waals surface area contributed by atoms with Crippen molar-refractivity contribution in [2.45, 2.75) is 12.6 Å². The van der Waals surface area contributed by atoms with Gasteiger partial charge >= 0.3 is 6.18 Å². The summed E-state index contributed by atoms with van der Waals surface area (Å²) >= 11 is 5.97. The highest BCUT2D eigenvalue weighted by Crippen LogP contribution is 2.37. The first kappa shape index (κ1) is 21.0. The van der Waals surface area contributed by atoms with E-state index in [1.807, 2.05) is 0 Å². The number of alkyl halides is 5. The van der Waals surface area contributed by atoms with Crippen molar-refractivity contribution in [1.29, 1.82) is 0 Å². The van der Waals surface area contributed by atoms with Gasteiger partial charge in [-0.2, -0.15) is 23.0 Å². The lowest BCUT2D eigenvalue weighted by Crippen LogP contribution is -2.20. The molecule has 0 fully saturated rings. The lowest BCUT2D eigenvalue weighted by atomic mass is 10.0. The molecular formula is C22H12ClF5N2O. The molecule has 3 nitrogen and oxygen atoms in total. The molecular weight excluding hydrogens is 439 g/mol. The Morgan fingerprint density at radius 1 is 0.968 bits per heavy atom. The Hall–Kier alpha value is -3.26. The van der Waals surface area contributed by atoms with Gasteiger partial charge in [0.25, 0.3) is 12.3 Å². The lowest BCUT2D eigenvalue weighted by molar-refractivity contribution is -0.137. The van der Waals surface area contributed by atoms with Gasteiger partial charge < -0.3 is 0 Å². The van der Waals surface area contributed by atoms with E-state index in [-0.39, 0.29) is 21.8 Å². The van der Waals surface area contributed by atoms with E-state index in [2.05, 4.69) is 5.10 Å². The Balaban J connectivity index is 1.94. The van der Waals surface area contributed by atoms with Crippen LogP contribution >= 0.6 is 11.6 Å². The molecule has 0 bridgehead atoms. The van der Waals surface area contributed by atoms with Crippen LogP contribution < -0.4 is 0 Å². The van der Waals surface area contributed by atoms with Gasteiger partial charge in [-0.05, 0) is 24.3 Å². The van der Waals surface area contributed by atoms with Gasteiger partial charge in [0.15, 0.2) is 0 Å². The molecule has 0 saturated carbocycles. The van der Waals surface area contributed by atoms with E-state index in [1.165, 1.54) is 36.4 Å². The second kappa shape index (κ2) is 7.77. The van der Waals surface area contributed by atoms with Crippen LogP contribution in [0.4, 0.5) is 22.0 Å². The van der Waals surface area contributed by atoms with Gasteiger partial charge in [0.05, 0.1) is 21.7 Å². The summed E-state index contributed by atoms with van der Waals surface area (Å²) in [6.45, 7) is 0. The monoisotopic (exact) mass is 450 g/mol. The van der Waals surface area contributed by atoms with Gasteiger partial charge in [-0.1, -0.05) is 54.1 Å². The minimum Gasteiger partial charge on any atom is -0.267 e. The zero-order chi connectivity index (χ0) is 22.3. The number of carbonyl (C=O) groups is 1. The van der Waals surface area contributed by atoms with Crippen molar-refractivity contribution < 1.29 is 26.7 Å². The van der Waals surface area contributed by atoms with Crippen molar-refractivity contribution in [1.82, 2.24) is 9.78 Å². The Labute approximate surface area is 177 Å². The predicted octanol–water partition coefficient (Wildman–Crippen LogP) is 7.00. The summed E-state index contributed by atoms with van der Waals surface area (Å²) in [4.78, 5) is 13.2. The van der Waals surface area contributed by atoms with Gasteiger partial charge in [0.1, 0.15) is 5.69 Å². The van der Waals surface area contributed by atoms with E-state index >= 15 is 0 Å². The van der Waals surface area contributed by atoms with E-state index in [9.17, 15) is 26.7 Å². The van der Waals surface area contributed by atoms with Crippen LogP contribution in [0.2, 0.25) is 5.02 Å². The molecule has 158 valence electrons. The zero-order valence-electron chi connectivity index (χ0n) is 15.5. The van der Waals surface area contributed by atoms with E-state index in [0.717, 1.165) is 16.8 Å². The number of nitrogens with zero attached hydrogens (tertiary/aromatic N) is 2. The number of aromatic nitrogens is 2. The summed E-state index contributed by atoms with van der Waals surface area (Å²) in [5, 5.41) is 4.24. The number of halogens is 6. The van der Waals surface area contributed by atoms with E-state index in [1.54, 1.807) is 18.2 Å². The van der Waals surface area contributed by atoms with Crippen LogP contribution in [0.15, 0.2) is 66.7 Å². The number of hydrogen-bond acceptors (Lipinski definition) is 2. The van der Waals surface area contributed by atoms with Crippen LogP contribution in [-0.2, 0) is 6.18 Å². The smallest absolute Gasteiger partial charge is 0.267 e. The first-order valence-electron chi connectivity index (χ1n) is 8.95. The van der Waals surface area contributed by atoms with Crippen LogP contribution in [-0.4, -0.2) is 15.7 Å². The third kappa shape index (κ3) is 3.79. The highest BCUT2D eigenvalue weighted by atomic mass is 35.5. The molecule has 0 saturated heterocycles. The summed E-state index contributed by atoms with van der Waals surface area (Å²) in [5.41, 5.74) is -1.46. The minimum absolute atomic E-state index is 0.187. The minimum atomic E-state index is -4.81. The highest BCUT2D eigenvalue weighted by Gasteiger charge is 2.37. The summed E-state index contributed by atoms with van der Waals surface area (Å²) in [7, 11) is 0. The van der Waals surface area contributed by atoms with E-state index in [4.69, 9.17) is 11.6 Å². The second-order valence-corrected chi connectivity index (χ2v) is 7.08. The van der Waals surface area contributed by atoms with Crippen molar-refractivity contribution in [3.63, 3.8) is 0 Å². The molecule has 1 aromatic heterocycles. The van der Waals surface area contributed by atoms with Crippen LogP contribution in [0.25, 0.3) is 22.2 Å². The average Bonchev–Trinajstić information content (AvgIpc) is 3.12. The third-order valence-electron chi connectivity index (χ3n) is 4.72. The molecule has 0 atom stereocenters. The van der Waals surface area contributed by atoms with Crippen molar-refractivity contribution in [2.24, 2.45) is 0 Å². The zero-order valence-corrected chi connectivity index (χ0v) is 16.3. The molecule has 9 heteroatoms. The van der Waals surface area contributed by atoms with E-state index < -0.39 is 29.6 Å². The SMILES string of the molecule is O=C(c1c(Cl)cccc1C(F)(F)F)n1nc(-c2cccc(C(F)F)c2)c2ccccc21. The van der Waals surface area contributed by atoms with Crippen molar-refractivity contribution in [2.75, 3.05) is 0 Å². The third-order valence-corrected chi connectivity index (χ3v) is 5.04. The van der Waals surface area contributed by atoms with Gasteiger partial charge in [-0.3, -0.25) is 4.79 Å². The maximum Gasteiger partial charge on any atom is 0.417 e. The molecule has 1 heterocycles. The molecule has 0 spiro atoms. The fourth-order valence-corrected chi connectivity index (χ4v) is 3.60. The summed E-state index contributed by atoms with van der Waals surface area (Å²) in [6.07, 6.45) is -7.53. The molecule has 0 N–H and O–H groups in total. The van der Waals surface area contributed by atoms with Crippen LogP contribution in [0.3, 0.4) is 0 Å². The summed E-state index contributed by atoms with van der Waals surface area (Å²) in [6, 6.07) is 14.8. The Bertz CT molecular complexity index is 1300. The standard InChI is InChI=1S/C22H12ClF5N2O/c23-16-9-4-8-15(22(26,27)28)18(16)21(31)30-17-10-2-1-7-14(17)19(29-30)12-5-3-6-13(11-12)20(24)25/h1-11,20H. The van der Waals surface area contributed by atoms with Gasteiger partial charge in [0, 0.05) is 16.5 Å². The average molecular weight is 451 g/mol. The molecule has 3 aromatic carbocycles. The van der Waals surface area contributed by atoms with Crippen LogP contribution in [0.1, 0.15) is 27.9 Å². The molecule has 0 unspecified atom stereocenters. The normalized spacial score (nSPS) is 12.0. The lowest BCUT2D eigenvalue weighted by Gasteiger charge is -2.13. The number of fused-ring (bicyclic) bond motifs is 1. The Kier molecular flexibility index (Phi) is 5.26. The second-order valence-electron chi connectivity index (χ2n) is 6.67. The molecule has 0 aliphatic carbocycles. The molecule has 0 aliphatic heterocycles. The largest absolute Gasteiger partial charge is 0.417 e. The fourth-order valence-electron chi connectivity index (χ4n) is 3.34. The number of para-hydroxylation sites is 1. The molecule has 4 rings (SSSR count). The van der Waals surface area contributed by atoms with Gasteiger partial charge in [0.2, 0.25) is 0 Å². The summed E-state index contributed by atoms with van der Waals surface area (Å²) < 4.78 is 67.6. The predicted molar refractivity (Wildman–Crippen MR) is 106 cm³/mol. The number of benzene rings is 3. The Morgan fingerprint density at radius 2 is 1.68 bits per heavy atom. The summed E-state index contributed by atoms with van der Waals surface area (Å²) in [5.74, 6) is -1.08. The molecule has 4 aromatic rings. The molecule has 0 amide bonds. The van der Waals surface area contributed by atoms with Gasteiger partial charge in [-0.25, -0.2) is 8.78 Å². The van der Waals surface area contributed by atoms with Gasteiger partial charge in [-0.15, -0.1) is 0 Å². The fraction of sp³-hybridized carbons (Fsp3) is 0.0909. The maximum absolute atomic E-state index is 13.5. The quantitative estimate of drug-likeness (QED) is 0.315. The molecule has 0 aliphatic rings.